The molecule has 0 radical (unpaired) electrons. The van der Waals surface area contributed by atoms with Gasteiger partial charge in [0.15, 0.2) is 0 Å². The van der Waals surface area contributed by atoms with Gasteiger partial charge in [0.1, 0.15) is 0 Å². The Morgan fingerprint density at radius 1 is 1.28 bits per heavy atom. The maximum atomic E-state index is 4.74. The highest BCUT2D eigenvalue weighted by Gasteiger charge is 2.08. The molecule has 0 spiro atoms. The second-order valence-electron chi connectivity index (χ2n) is 4.16. The second-order valence-corrected chi connectivity index (χ2v) is 5.56. The summed E-state index contributed by atoms with van der Waals surface area (Å²) in [6, 6.07) is 8.50. The lowest BCUT2D eigenvalue weighted by Crippen LogP contribution is -2.13. The number of aryl methyl sites for hydroxylation is 1. The number of fused-ring (bicyclic) bond motifs is 1. The van der Waals surface area contributed by atoms with Crippen molar-refractivity contribution in [3.8, 4) is 0 Å². The van der Waals surface area contributed by atoms with Crippen LogP contribution in [-0.2, 0) is 13.1 Å². The molecule has 0 fully saturated rings. The maximum Gasteiger partial charge on any atom is 0.0841 e. The van der Waals surface area contributed by atoms with Gasteiger partial charge in [0, 0.05) is 17.7 Å². The number of thioether (sulfide) groups is 1. The molecule has 0 bridgehead atoms. The van der Waals surface area contributed by atoms with E-state index in [1.54, 1.807) is 0 Å². The average Bonchev–Trinajstić information content (AvgIpc) is 2.76. The summed E-state index contributed by atoms with van der Waals surface area (Å²) in [5.41, 5.74) is 2.41. The number of benzene rings is 1. The molecule has 0 saturated carbocycles. The molecule has 98 valence electrons. The molecule has 1 aromatic carbocycles. The van der Waals surface area contributed by atoms with Crippen molar-refractivity contribution in [3.05, 3.63) is 30.0 Å². The fraction of sp³-hybridized carbons (Fsp3) is 0.500. The predicted octanol–water partition coefficient (Wildman–Crippen LogP) is 2.90. The molecule has 18 heavy (non-hydrogen) atoms. The van der Waals surface area contributed by atoms with Crippen LogP contribution in [0.4, 0.5) is 0 Å². The van der Waals surface area contributed by atoms with Crippen molar-refractivity contribution >= 4 is 22.7 Å². The Balaban J connectivity index is 2.23. The zero-order valence-corrected chi connectivity index (χ0v) is 12.0. The standard InChI is InChI=1S/C14H21N3S/c1-3-15-11-13-12-7-5-6-8-14(12)17(16-13)9-10-18-4-2/h5-8,15H,3-4,9-11H2,1-2H3. The lowest BCUT2D eigenvalue weighted by atomic mass is 10.2. The highest BCUT2D eigenvalue weighted by atomic mass is 32.2. The molecule has 2 rings (SSSR count). The van der Waals surface area contributed by atoms with Gasteiger partial charge in [-0.25, -0.2) is 0 Å². The van der Waals surface area contributed by atoms with E-state index in [0.717, 1.165) is 31.1 Å². The first-order chi connectivity index (χ1) is 8.86. The summed E-state index contributed by atoms with van der Waals surface area (Å²) in [6.45, 7) is 7.14. The topological polar surface area (TPSA) is 29.9 Å². The van der Waals surface area contributed by atoms with Crippen molar-refractivity contribution in [3.63, 3.8) is 0 Å². The molecule has 0 aliphatic carbocycles. The first-order valence-corrected chi connectivity index (χ1v) is 7.75. The lowest BCUT2D eigenvalue weighted by molar-refractivity contribution is 0.646. The fourth-order valence-electron chi connectivity index (χ4n) is 2.04. The van der Waals surface area contributed by atoms with Gasteiger partial charge in [0.2, 0.25) is 0 Å². The van der Waals surface area contributed by atoms with Crippen LogP contribution in [0.25, 0.3) is 10.9 Å². The summed E-state index contributed by atoms with van der Waals surface area (Å²) >= 11 is 1.96. The molecule has 2 aromatic rings. The quantitative estimate of drug-likeness (QED) is 0.779. The molecule has 1 heterocycles. The minimum absolute atomic E-state index is 0.852. The zero-order chi connectivity index (χ0) is 12.8. The van der Waals surface area contributed by atoms with E-state index < -0.39 is 0 Å². The van der Waals surface area contributed by atoms with Gasteiger partial charge in [-0.2, -0.15) is 16.9 Å². The van der Waals surface area contributed by atoms with Crippen molar-refractivity contribution < 1.29 is 0 Å². The van der Waals surface area contributed by atoms with Gasteiger partial charge in [-0.1, -0.05) is 32.0 Å². The first-order valence-electron chi connectivity index (χ1n) is 6.59. The average molecular weight is 263 g/mol. The Hall–Kier alpha value is -1.00. The monoisotopic (exact) mass is 263 g/mol. The van der Waals surface area contributed by atoms with Crippen LogP contribution in [0.3, 0.4) is 0 Å². The van der Waals surface area contributed by atoms with Crippen molar-refractivity contribution in [2.45, 2.75) is 26.9 Å². The molecule has 0 saturated heterocycles. The number of hydrogen-bond acceptors (Lipinski definition) is 3. The number of nitrogens with one attached hydrogen (secondary N) is 1. The summed E-state index contributed by atoms with van der Waals surface area (Å²) in [6.07, 6.45) is 0. The Bertz CT molecular complexity index is 493. The van der Waals surface area contributed by atoms with E-state index in [1.165, 1.54) is 16.7 Å². The van der Waals surface area contributed by atoms with Crippen LogP contribution in [0.2, 0.25) is 0 Å². The summed E-state index contributed by atoms with van der Waals surface area (Å²) in [5, 5.41) is 9.37. The number of para-hydroxylation sites is 1. The van der Waals surface area contributed by atoms with Crippen LogP contribution < -0.4 is 5.32 Å². The minimum atomic E-state index is 0.852. The molecular formula is C14H21N3S. The van der Waals surface area contributed by atoms with Crippen molar-refractivity contribution in [1.82, 2.24) is 15.1 Å². The van der Waals surface area contributed by atoms with Gasteiger partial charge in [0.05, 0.1) is 17.8 Å². The normalized spacial score (nSPS) is 11.2. The third-order valence-electron chi connectivity index (χ3n) is 2.93. The molecule has 0 unspecified atom stereocenters. The van der Waals surface area contributed by atoms with Crippen LogP contribution in [-0.4, -0.2) is 27.8 Å². The summed E-state index contributed by atoms with van der Waals surface area (Å²) < 4.78 is 2.14. The van der Waals surface area contributed by atoms with Crippen LogP contribution >= 0.6 is 11.8 Å². The first kappa shape index (κ1) is 13.4. The minimum Gasteiger partial charge on any atom is -0.311 e. The van der Waals surface area contributed by atoms with Gasteiger partial charge in [0.25, 0.3) is 0 Å². The summed E-state index contributed by atoms with van der Waals surface area (Å²) in [5.74, 6) is 2.30. The number of rotatable bonds is 7. The molecule has 1 N–H and O–H groups in total. The van der Waals surface area contributed by atoms with Crippen LogP contribution in [0.5, 0.6) is 0 Å². The number of hydrogen-bond donors (Lipinski definition) is 1. The molecule has 1 aromatic heterocycles. The molecule has 0 amide bonds. The van der Waals surface area contributed by atoms with E-state index in [1.807, 2.05) is 11.8 Å². The number of aromatic nitrogens is 2. The molecule has 0 aliphatic rings. The van der Waals surface area contributed by atoms with E-state index in [-0.39, 0.29) is 0 Å². The van der Waals surface area contributed by atoms with E-state index >= 15 is 0 Å². The van der Waals surface area contributed by atoms with Crippen molar-refractivity contribution in [1.29, 1.82) is 0 Å². The van der Waals surface area contributed by atoms with Gasteiger partial charge in [-0.15, -0.1) is 0 Å². The molecule has 0 atom stereocenters. The van der Waals surface area contributed by atoms with Crippen molar-refractivity contribution in [2.75, 3.05) is 18.1 Å². The number of nitrogens with zero attached hydrogens (tertiary/aromatic N) is 2. The summed E-state index contributed by atoms with van der Waals surface area (Å²) in [4.78, 5) is 0. The van der Waals surface area contributed by atoms with Crippen LogP contribution in [0.1, 0.15) is 19.5 Å². The molecule has 0 aliphatic heterocycles. The smallest absolute Gasteiger partial charge is 0.0841 e. The van der Waals surface area contributed by atoms with E-state index in [9.17, 15) is 0 Å². The third kappa shape index (κ3) is 3.06. The Kier molecular flexibility index (Phi) is 5.08. The molecule has 3 nitrogen and oxygen atoms in total. The Morgan fingerprint density at radius 3 is 2.89 bits per heavy atom. The summed E-state index contributed by atoms with van der Waals surface area (Å²) in [7, 11) is 0. The largest absolute Gasteiger partial charge is 0.311 e. The van der Waals surface area contributed by atoms with Gasteiger partial charge < -0.3 is 5.32 Å². The van der Waals surface area contributed by atoms with Crippen LogP contribution in [0.15, 0.2) is 24.3 Å². The van der Waals surface area contributed by atoms with E-state index in [2.05, 4.69) is 48.1 Å². The van der Waals surface area contributed by atoms with E-state index in [0.29, 0.717) is 0 Å². The highest BCUT2D eigenvalue weighted by molar-refractivity contribution is 7.99. The molecular weight excluding hydrogens is 242 g/mol. The van der Waals surface area contributed by atoms with Crippen molar-refractivity contribution in [2.24, 2.45) is 0 Å². The lowest BCUT2D eigenvalue weighted by Gasteiger charge is -2.02. The second kappa shape index (κ2) is 6.81. The Morgan fingerprint density at radius 2 is 2.11 bits per heavy atom. The van der Waals surface area contributed by atoms with Gasteiger partial charge >= 0.3 is 0 Å². The van der Waals surface area contributed by atoms with E-state index in [4.69, 9.17) is 5.10 Å². The zero-order valence-electron chi connectivity index (χ0n) is 11.1. The van der Waals surface area contributed by atoms with Gasteiger partial charge in [-0.05, 0) is 18.4 Å². The highest BCUT2D eigenvalue weighted by Crippen LogP contribution is 2.18. The fourth-order valence-corrected chi connectivity index (χ4v) is 2.63. The van der Waals surface area contributed by atoms with Gasteiger partial charge in [-0.3, -0.25) is 4.68 Å². The maximum absolute atomic E-state index is 4.74. The predicted molar refractivity (Wildman–Crippen MR) is 80.1 cm³/mol. The molecule has 4 heteroatoms. The van der Waals surface area contributed by atoms with Crippen LogP contribution in [0, 0.1) is 0 Å². The third-order valence-corrected chi connectivity index (χ3v) is 3.81. The Labute approximate surface area is 113 Å². The SMILES string of the molecule is CCNCc1nn(CCSCC)c2ccccc12.